The average molecular weight is 583 g/mol. The summed E-state index contributed by atoms with van der Waals surface area (Å²) in [6.45, 7) is 2.86. The van der Waals surface area contributed by atoms with Crippen molar-refractivity contribution in [2.24, 2.45) is 0 Å². The number of fused-ring (bicyclic) bond motifs is 1. The molecule has 216 valence electrons. The van der Waals surface area contributed by atoms with E-state index in [1.54, 1.807) is 0 Å². The minimum absolute atomic E-state index is 0.143. The summed E-state index contributed by atoms with van der Waals surface area (Å²) < 4.78 is 2.27. The lowest BCUT2D eigenvalue weighted by Crippen LogP contribution is -2.39. The molecule has 1 saturated carbocycles. The summed E-state index contributed by atoms with van der Waals surface area (Å²) in [5.41, 5.74) is 6.71. The fraction of sp³-hybridized carbons (Fsp3) is 0.344. The maximum atomic E-state index is 12.7. The molecule has 5 aromatic rings. The second-order valence-electron chi connectivity index (χ2n) is 11.0. The molecule has 9 nitrogen and oxygen atoms in total. The highest BCUT2D eigenvalue weighted by Gasteiger charge is 2.17. The van der Waals surface area contributed by atoms with Crippen molar-refractivity contribution in [1.82, 2.24) is 35.5 Å². The van der Waals surface area contributed by atoms with Crippen LogP contribution in [0.4, 0.5) is 10.5 Å². The van der Waals surface area contributed by atoms with E-state index in [1.807, 2.05) is 36.4 Å². The molecular weight excluding hydrogens is 548 g/mol. The molecule has 0 bridgehead atoms. The third-order valence-corrected chi connectivity index (χ3v) is 8.20. The number of aromatic amines is 1. The molecule has 0 saturated heterocycles. The Morgan fingerprint density at radius 2 is 1.86 bits per heavy atom. The van der Waals surface area contributed by atoms with E-state index in [1.165, 1.54) is 19.3 Å². The van der Waals surface area contributed by atoms with Gasteiger partial charge < -0.3 is 15.2 Å². The van der Waals surface area contributed by atoms with Crippen LogP contribution in [-0.2, 0) is 13.0 Å². The Kier molecular flexibility index (Phi) is 8.46. The van der Waals surface area contributed by atoms with Crippen molar-refractivity contribution in [3.05, 3.63) is 77.1 Å². The molecule has 3 N–H and O–H groups in total. The van der Waals surface area contributed by atoms with Crippen molar-refractivity contribution in [1.29, 1.82) is 0 Å². The SMILES string of the molecule is CCCCc1nc2ccc(NC(=O)NC3CCCCC3)cc2n1Cc1ccc(-c2cc(Cl)ccc2-c2nnn[nH]2)cc1. The summed E-state index contributed by atoms with van der Waals surface area (Å²) in [6.07, 6.45) is 8.76. The van der Waals surface area contributed by atoms with Gasteiger partial charge in [0.15, 0.2) is 5.82 Å². The molecule has 1 aliphatic rings. The van der Waals surface area contributed by atoms with Crippen molar-refractivity contribution >= 4 is 34.4 Å². The molecular formula is C32H35ClN8O. The van der Waals surface area contributed by atoms with Crippen LogP contribution >= 0.6 is 11.6 Å². The first-order chi connectivity index (χ1) is 20.6. The number of imidazole rings is 1. The minimum atomic E-state index is -0.143. The number of aromatic nitrogens is 6. The molecule has 6 rings (SSSR count). The second kappa shape index (κ2) is 12.7. The number of hydrogen-bond donors (Lipinski definition) is 3. The van der Waals surface area contributed by atoms with Crippen molar-refractivity contribution < 1.29 is 4.79 Å². The van der Waals surface area contributed by atoms with Gasteiger partial charge in [-0.3, -0.25) is 0 Å². The van der Waals surface area contributed by atoms with Gasteiger partial charge in [0.2, 0.25) is 0 Å². The highest BCUT2D eigenvalue weighted by molar-refractivity contribution is 6.31. The molecule has 0 unspecified atom stereocenters. The zero-order chi connectivity index (χ0) is 28.9. The van der Waals surface area contributed by atoms with E-state index in [2.05, 4.69) is 67.0 Å². The summed E-state index contributed by atoms with van der Waals surface area (Å²) in [4.78, 5) is 17.7. The van der Waals surface area contributed by atoms with E-state index in [0.29, 0.717) is 17.4 Å². The van der Waals surface area contributed by atoms with Crippen molar-refractivity contribution in [2.45, 2.75) is 70.9 Å². The van der Waals surface area contributed by atoms with Gasteiger partial charge in [-0.05, 0) is 82.8 Å². The van der Waals surface area contributed by atoms with Gasteiger partial charge >= 0.3 is 6.03 Å². The Morgan fingerprint density at radius 1 is 1.02 bits per heavy atom. The van der Waals surface area contributed by atoms with Crippen LogP contribution in [-0.4, -0.2) is 42.2 Å². The van der Waals surface area contributed by atoms with Gasteiger partial charge in [-0.2, -0.15) is 0 Å². The van der Waals surface area contributed by atoms with Crippen LogP contribution in [0.15, 0.2) is 60.7 Å². The van der Waals surface area contributed by atoms with E-state index in [-0.39, 0.29) is 12.1 Å². The summed E-state index contributed by atoms with van der Waals surface area (Å²) in [7, 11) is 0. The number of unbranched alkanes of at least 4 members (excludes halogenated alkanes) is 1. The molecule has 2 aromatic heterocycles. The predicted molar refractivity (Wildman–Crippen MR) is 167 cm³/mol. The Hall–Kier alpha value is -4.24. The number of hydrogen-bond acceptors (Lipinski definition) is 5. The lowest BCUT2D eigenvalue weighted by Gasteiger charge is -2.22. The highest BCUT2D eigenvalue weighted by atomic mass is 35.5. The van der Waals surface area contributed by atoms with Crippen molar-refractivity contribution in [3.63, 3.8) is 0 Å². The van der Waals surface area contributed by atoms with E-state index in [0.717, 1.165) is 76.9 Å². The number of rotatable bonds is 9. The van der Waals surface area contributed by atoms with Gasteiger partial charge in [-0.15, -0.1) is 5.10 Å². The summed E-state index contributed by atoms with van der Waals surface area (Å²) in [5.74, 6) is 1.64. The molecule has 3 aromatic carbocycles. The monoisotopic (exact) mass is 582 g/mol. The van der Waals surface area contributed by atoms with Crippen molar-refractivity contribution in [3.8, 4) is 22.5 Å². The van der Waals surface area contributed by atoms with E-state index < -0.39 is 0 Å². The van der Waals surface area contributed by atoms with Gasteiger partial charge in [0.1, 0.15) is 5.82 Å². The van der Waals surface area contributed by atoms with Crippen LogP contribution in [0.3, 0.4) is 0 Å². The van der Waals surface area contributed by atoms with E-state index in [9.17, 15) is 4.79 Å². The molecule has 0 aliphatic heterocycles. The number of aryl methyl sites for hydroxylation is 1. The molecule has 42 heavy (non-hydrogen) atoms. The first-order valence-corrected chi connectivity index (χ1v) is 15.1. The third kappa shape index (κ3) is 6.31. The topological polar surface area (TPSA) is 113 Å². The number of carbonyl (C=O) groups excluding carboxylic acids is 1. The van der Waals surface area contributed by atoms with Crippen LogP contribution in [0.1, 0.15) is 63.3 Å². The highest BCUT2D eigenvalue weighted by Crippen LogP contribution is 2.33. The number of tetrazole rings is 1. The first kappa shape index (κ1) is 27.9. The fourth-order valence-corrected chi connectivity index (χ4v) is 5.93. The van der Waals surface area contributed by atoms with Crippen LogP contribution in [0.5, 0.6) is 0 Å². The Morgan fingerprint density at radius 3 is 2.62 bits per heavy atom. The quantitative estimate of drug-likeness (QED) is 0.168. The van der Waals surface area contributed by atoms with Gasteiger partial charge in [0, 0.05) is 35.3 Å². The number of amides is 2. The van der Waals surface area contributed by atoms with Gasteiger partial charge in [-0.25, -0.2) is 14.9 Å². The molecule has 0 atom stereocenters. The Labute approximate surface area is 250 Å². The van der Waals surface area contributed by atoms with Crippen LogP contribution < -0.4 is 10.6 Å². The molecule has 10 heteroatoms. The van der Waals surface area contributed by atoms with Crippen molar-refractivity contribution in [2.75, 3.05) is 5.32 Å². The lowest BCUT2D eigenvalue weighted by molar-refractivity contribution is 0.244. The first-order valence-electron chi connectivity index (χ1n) is 14.8. The number of nitrogens with zero attached hydrogens (tertiary/aromatic N) is 5. The number of carbonyl (C=O) groups is 1. The van der Waals surface area contributed by atoms with Gasteiger partial charge in [0.25, 0.3) is 0 Å². The molecule has 2 amide bonds. The maximum absolute atomic E-state index is 12.7. The summed E-state index contributed by atoms with van der Waals surface area (Å²) >= 11 is 6.36. The molecule has 2 heterocycles. The van der Waals surface area contributed by atoms with E-state index >= 15 is 0 Å². The predicted octanol–water partition coefficient (Wildman–Crippen LogP) is 7.38. The van der Waals surface area contributed by atoms with Crippen LogP contribution in [0.25, 0.3) is 33.5 Å². The smallest absolute Gasteiger partial charge is 0.319 e. The zero-order valence-electron chi connectivity index (χ0n) is 23.7. The largest absolute Gasteiger partial charge is 0.335 e. The number of anilines is 1. The number of urea groups is 1. The molecule has 1 aliphatic carbocycles. The maximum Gasteiger partial charge on any atom is 0.319 e. The van der Waals surface area contributed by atoms with Crippen LogP contribution in [0, 0.1) is 0 Å². The summed E-state index contributed by atoms with van der Waals surface area (Å²) in [5, 5.41) is 21.2. The number of nitrogens with one attached hydrogen (secondary N) is 3. The van der Waals surface area contributed by atoms with Gasteiger partial charge in [-0.1, -0.05) is 68.5 Å². The zero-order valence-corrected chi connectivity index (χ0v) is 24.5. The average Bonchev–Trinajstić information content (AvgIpc) is 3.65. The fourth-order valence-electron chi connectivity index (χ4n) is 5.76. The number of benzene rings is 3. The lowest BCUT2D eigenvalue weighted by atomic mass is 9.96. The summed E-state index contributed by atoms with van der Waals surface area (Å²) in [6, 6.07) is 20.2. The third-order valence-electron chi connectivity index (χ3n) is 7.97. The standard InChI is InChI=1S/C32H35ClN8O/c1-2-3-9-30-36-28-17-15-25(35-32(42)34-24-7-5-4-6-8-24)19-29(28)41(30)20-21-10-12-22(13-11-21)27-18-23(33)14-16-26(27)31-37-39-40-38-31/h10-19,24H,2-9,20H2,1H3,(H2,34,35,42)(H,37,38,39,40). The number of halogens is 1. The molecule has 0 radical (unpaired) electrons. The Bertz CT molecular complexity index is 1660. The molecule has 1 fully saturated rings. The van der Waals surface area contributed by atoms with E-state index in [4.69, 9.17) is 16.6 Å². The van der Waals surface area contributed by atoms with Gasteiger partial charge in [0.05, 0.1) is 11.0 Å². The minimum Gasteiger partial charge on any atom is -0.335 e. The Balaban J connectivity index is 1.26. The number of H-pyrrole nitrogens is 1. The van der Waals surface area contributed by atoms with Crippen LogP contribution in [0.2, 0.25) is 5.02 Å². The molecule has 0 spiro atoms. The normalized spacial score (nSPS) is 13.9. The second-order valence-corrected chi connectivity index (χ2v) is 11.4.